The number of rotatable bonds is 4. The maximum absolute atomic E-state index is 11.8. The molecule has 0 saturated heterocycles. The minimum absolute atomic E-state index is 0.0304. The third-order valence-corrected chi connectivity index (χ3v) is 3.12. The molecule has 2 rings (SSSR count). The van der Waals surface area contributed by atoms with Gasteiger partial charge in [-0.3, -0.25) is 9.78 Å². The lowest BCUT2D eigenvalue weighted by Gasteiger charge is -2.16. The second-order valence-electron chi connectivity index (χ2n) is 4.37. The summed E-state index contributed by atoms with van der Waals surface area (Å²) < 4.78 is 0. The summed E-state index contributed by atoms with van der Waals surface area (Å²) in [6.45, 7) is 2.85. The van der Waals surface area contributed by atoms with Crippen molar-refractivity contribution < 1.29 is 4.79 Å². The van der Waals surface area contributed by atoms with Crippen LogP contribution in [0.25, 0.3) is 10.9 Å². The summed E-state index contributed by atoms with van der Waals surface area (Å²) in [5.41, 5.74) is 8.10. The van der Waals surface area contributed by atoms with Crippen molar-refractivity contribution in [1.29, 1.82) is 0 Å². The van der Waals surface area contributed by atoms with Gasteiger partial charge in [0.2, 0.25) is 5.91 Å². The minimum atomic E-state index is 0.0304. The Labute approximate surface area is 112 Å². The number of nitrogens with zero attached hydrogens (tertiary/aromatic N) is 2. The first-order valence-electron chi connectivity index (χ1n) is 6.24. The fraction of sp³-hybridized carbons (Fsp3) is 0.286. The Hall–Kier alpha value is -2.30. The third kappa shape index (κ3) is 2.76. The van der Waals surface area contributed by atoms with Gasteiger partial charge in [-0.15, -0.1) is 0 Å². The van der Waals surface area contributed by atoms with Crippen LogP contribution in [0, 0.1) is 0 Å². The molecular weight excluding hydrogens is 240 g/mol. The normalized spacial score (nSPS) is 10.4. The van der Waals surface area contributed by atoms with E-state index in [9.17, 15) is 4.79 Å². The van der Waals surface area contributed by atoms with Crippen LogP contribution in [0.4, 0.5) is 11.4 Å². The van der Waals surface area contributed by atoms with E-state index in [1.807, 2.05) is 31.2 Å². The van der Waals surface area contributed by atoms with Crippen LogP contribution in [0.15, 0.2) is 30.5 Å². The highest BCUT2D eigenvalue weighted by atomic mass is 16.2. The summed E-state index contributed by atoms with van der Waals surface area (Å²) in [4.78, 5) is 17.7. The molecule has 0 unspecified atom stereocenters. The van der Waals surface area contributed by atoms with E-state index in [-0.39, 0.29) is 12.5 Å². The molecule has 100 valence electrons. The number of pyridine rings is 1. The van der Waals surface area contributed by atoms with Gasteiger partial charge in [0.05, 0.1) is 29.6 Å². The quantitative estimate of drug-likeness (QED) is 0.875. The second-order valence-corrected chi connectivity index (χ2v) is 4.37. The average Bonchev–Trinajstić information content (AvgIpc) is 2.45. The SMILES string of the molecule is CCN(C)C(=O)CNc1c(N)cnc2ccccc12. The first-order valence-corrected chi connectivity index (χ1v) is 6.24. The number of hydrogen-bond acceptors (Lipinski definition) is 4. The highest BCUT2D eigenvalue weighted by Gasteiger charge is 2.10. The molecule has 1 aromatic carbocycles. The molecule has 0 aliphatic carbocycles. The van der Waals surface area contributed by atoms with Crippen LogP contribution >= 0.6 is 0 Å². The van der Waals surface area contributed by atoms with Crippen molar-refractivity contribution in [1.82, 2.24) is 9.88 Å². The molecule has 2 aromatic rings. The van der Waals surface area contributed by atoms with Crippen LogP contribution in [-0.4, -0.2) is 35.9 Å². The van der Waals surface area contributed by atoms with E-state index in [4.69, 9.17) is 5.73 Å². The van der Waals surface area contributed by atoms with Crippen molar-refractivity contribution in [3.63, 3.8) is 0 Å². The summed E-state index contributed by atoms with van der Waals surface area (Å²) in [6, 6.07) is 7.70. The van der Waals surface area contributed by atoms with Gasteiger partial charge in [-0.2, -0.15) is 0 Å². The standard InChI is InChI=1S/C14H18N4O/c1-3-18(2)13(19)9-17-14-10-6-4-5-7-12(10)16-8-11(14)15/h4-8H,3,9,15H2,1-2H3,(H,16,17). The molecule has 0 aliphatic rings. The van der Waals surface area contributed by atoms with E-state index < -0.39 is 0 Å². The molecule has 0 atom stereocenters. The summed E-state index contributed by atoms with van der Waals surface area (Å²) in [7, 11) is 1.78. The summed E-state index contributed by atoms with van der Waals surface area (Å²) in [5.74, 6) is 0.0304. The molecule has 3 N–H and O–H groups in total. The largest absolute Gasteiger partial charge is 0.396 e. The van der Waals surface area contributed by atoms with Crippen LogP contribution in [0.3, 0.4) is 0 Å². The maximum atomic E-state index is 11.8. The molecule has 0 bridgehead atoms. The smallest absolute Gasteiger partial charge is 0.241 e. The van der Waals surface area contributed by atoms with Gasteiger partial charge in [0.15, 0.2) is 0 Å². The lowest BCUT2D eigenvalue weighted by molar-refractivity contribution is -0.127. The zero-order valence-corrected chi connectivity index (χ0v) is 11.2. The molecule has 1 amide bonds. The Morgan fingerprint density at radius 2 is 2.16 bits per heavy atom. The van der Waals surface area contributed by atoms with Crippen LogP contribution < -0.4 is 11.1 Å². The summed E-state index contributed by atoms with van der Waals surface area (Å²) in [6.07, 6.45) is 1.61. The molecule has 0 aliphatic heterocycles. The van der Waals surface area contributed by atoms with Gasteiger partial charge in [0.1, 0.15) is 0 Å². The van der Waals surface area contributed by atoms with E-state index in [0.29, 0.717) is 12.2 Å². The number of hydrogen-bond donors (Lipinski definition) is 2. The first kappa shape index (κ1) is 13.1. The van der Waals surface area contributed by atoms with Crippen LogP contribution in [-0.2, 0) is 4.79 Å². The Kier molecular flexibility index (Phi) is 3.85. The van der Waals surface area contributed by atoms with Crippen LogP contribution in [0.5, 0.6) is 0 Å². The van der Waals surface area contributed by atoms with Gasteiger partial charge in [-0.05, 0) is 13.0 Å². The van der Waals surface area contributed by atoms with Crippen molar-refractivity contribution in [3.8, 4) is 0 Å². The van der Waals surface area contributed by atoms with Gasteiger partial charge in [0, 0.05) is 19.0 Å². The number of carbonyl (C=O) groups is 1. The number of nitrogens with two attached hydrogens (primary N) is 1. The predicted molar refractivity (Wildman–Crippen MR) is 78.0 cm³/mol. The van der Waals surface area contributed by atoms with Gasteiger partial charge < -0.3 is 16.0 Å². The summed E-state index contributed by atoms with van der Waals surface area (Å²) >= 11 is 0. The average molecular weight is 258 g/mol. The number of amides is 1. The molecule has 1 aromatic heterocycles. The number of benzene rings is 1. The fourth-order valence-electron chi connectivity index (χ4n) is 1.83. The van der Waals surface area contributed by atoms with Crippen molar-refractivity contribution in [2.75, 3.05) is 31.2 Å². The number of fused-ring (bicyclic) bond motifs is 1. The fourth-order valence-corrected chi connectivity index (χ4v) is 1.83. The lowest BCUT2D eigenvalue weighted by atomic mass is 10.1. The molecule has 5 heteroatoms. The highest BCUT2D eigenvalue weighted by Crippen LogP contribution is 2.27. The van der Waals surface area contributed by atoms with E-state index in [1.54, 1.807) is 18.1 Å². The highest BCUT2D eigenvalue weighted by molar-refractivity contribution is 5.98. The maximum Gasteiger partial charge on any atom is 0.241 e. The topological polar surface area (TPSA) is 71.2 Å². The Bertz CT molecular complexity index is 597. The van der Waals surface area contributed by atoms with E-state index in [0.717, 1.165) is 16.6 Å². The Morgan fingerprint density at radius 3 is 2.89 bits per heavy atom. The lowest BCUT2D eigenvalue weighted by Crippen LogP contribution is -2.32. The molecule has 0 spiro atoms. The molecule has 19 heavy (non-hydrogen) atoms. The van der Waals surface area contributed by atoms with E-state index in [1.165, 1.54) is 0 Å². The zero-order chi connectivity index (χ0) is 13.8. The van der Waals surface area contributed by atoms with Gasteiger partial charge in [-0.25, -0.2) is 0 Å². The van der Waals surface area contributed by atoms with Gasteiger partial charge in [0.25, 0.3) is 0 Å². The first-order chi connectivity index (χ1) is 9.13. The summed E-state index contributed by atoms with van der Waals surface area (Å²) in [5, 5.41) is 4.04. The van der Waals surface area contributed by atoms with E-state index >= 15 is 0 Å². The predicted octanol–water partition coefficient (Wildman–Crippen LogP) is 1.71. The zero-order valence-electron chi connectivity index (χ0n) is 11.2. The number of anilines is 2. The van der Waals surface area contributed by atoms with Crippen molar-refractivity contribution in [2.24, 2.45) is 0 Å². The monoisotopic (exact) mass is 258 g/mol. The minimum Gasteiger partial charge on any atom is -0.396 e. The Balaban J connectivity index is 2.25. The molecule has 0 radical (unpaired) electrons. The van der Waals surface area contributed by atoms with Crippen molar-refractivity contribution in [3.05, 3.63) is 30.5 Å². The van der Waals surface area contributed by atoms with Gasteiger partial charge >= 0.3 is 0 Å². The number of likely N-dealkylation sites (N-methyl/N-ethyl adjacent to an activating group) is 1. The second kappa shape index (κ2) is 5.56. The molecule has 0 fully saturated rings. The Morgan fingerprint density at radius 1 is 1.42 bits per heavy atom. The molecule has 0 saturated carbocycles. The number of carbonyl (C=O) groups excluding carboxylic acids is 1. The molecule has 5 nitrogen and oxygen atoms in total. The van der Waals surface area contributed by atoms with Gasteiger partial charge in [-0.1, -0.05) is 18.2 Å². The van der Waals surface area contributed by atoms with Crippen LogP contribution in [0.1, 0.15) is 6.92 Å². The van der Waals surface area contributed by atoms with Crippen LogP contribution in [0.2, 0.25) is 0 Å². The number of para-hydroxylation sites is 1. The molecule has 1 heterocycles. The molecular formula is C14H18N4O. The van der Waals surface area contributed by atoms with Crippen molar-refractivity contribution in [2.45, 2.75) is 6.92 Å². The number of nitrogens with one attached hydrogen (secondary N) is 1. The van der Waals surface area contributed by atoms with Crippen molar-refractivity contribution >= 4 is 28.2 Å². The third-order valence-electron chi connectivity index (χ3n) is 3.12. The number of nitrogen functional groups attached to an aromatic ring is 1. The van der Waals surface area contributed by atoms with E-state index in [2.05, 4.69) is 10.3 Å². The number of aromatic nitrogens is 1.